The molecule has 0 spiro atoms. The zero-order valence-corrected chi connectivity index (χ0v) is 19.7. The molecule has 2 aromatic rings. The van der Waals surface area contributed by atoms with Gasteiger partial charge in [0.1, 0.15) is 24.0 Å². The van der Waals surface area contributed by atoms with Gasteiger partial charge in [-0.3, -0.25) is 9.79 Å². The highest BCUT2D eigenvalue weighted by Gasteiger charge is 2.29. The summed E-state index contributed by atoms with van der Waals surface area (Å²) in [7, 11) is 0. The van der Waals surface area contributed by atoms with Gasteiger partial charge < -0.3 is 25.8 Å². The SMILES string of the molecule is C=Cc1nc(Nc2cc(NC3CCOCC3F)c(C(=O)NCC(F)C(C)(C)O)cn2)ccc1N=C. The van der Waals surface area contributed by atoms with Gasteiger partial charge in [-0.2, -0.15) is 0 Å². The van der Waals surface area contributed by atoms with E-state index in [0.717, 1.165) is 0 Å². The molecule has 1 fully saturated rings. The first-order valence-electron chi connectivity index (χ1n) is 11.1. The van der Waals surface area contributed by atoms with E-state index in [0.29, 0.717) is 41.7 Å². The zero-order valence-electron chi connectivity index (χ0n) is 19.7. The quantitative estimate of drug-likeness (QED) is 0.377. The fourth-order valence-corrected chi connectivity index (χ4v) is 3.37. The lowest BCUT2D eigenvalue weighted by molar-refractivity contribution is -0.00177. The summed E-state index contributed by atoms with van der Waals surface area (Å²) in [6, 6.07) is 4.36. The number of anilines is 3. The molecule has 0 radical (unpaired) electrons. The molecule has 0 aromatic carbocycles. The average molecular weight is 489 g/mol. The fraction of sp³-hybridized carbons (Fsp3) is 0.417. The number of aromatic nitrogens is 2. The van der Waals surface area contributed by atoms with E-state index in [4.69, 9.17) is 4.74 Å². The van der Waals surface area contributed by atoms with Gasteiger partial charge in [0.05, 0.1) is 47.4 Å². The van der Waals surface area contributed by atoms with E-state index >= 15 is 0 Å². The number of halogens is 2. The largest absolute Gasteiger partial charge is 0.387 e. The van der Waals surface area contributed by atoms with Crippen LogP contribution < -0.4 is 16.0 Å². The number of carbonyl (C=O) groups excluding carboxylic acids is 1. The summed E-state index contributed by atoms with van der Waals surface area (Å²) < 4.78 is 33.7. The van der Waals surface area contributed by atoms with Crippen molar-refractivity contribution in [2.45, 2.75) is 44.3 Å². The maximum absolute atomic E-state index is 14.4. The van der Waals surface area contributed by atoms with Gasteiger partial charge in [0, 0.05) is 18.9 Å². The maximum Gasteiger partial charge on any atom is 0.255 e. The summed E-state index contributed by atoms with van der Waals surface area (Å²) in [6.45, 7) is 9.77. The first-order valence-corrected chi connectivity index (χ1v) is 11.1. The van der Waals surface area contributed by atoms with Gasteiger partial charge in [-0.1, -0.05) is 6.58 Å². The third-order valence-electron chi connectivity index (χ3n) is 5.51. The number of ether oxygens (including phenoxy) is 1. The maximum atomic E-state index is 14.4. The Morgan fingerprint density at radius 1 is 1.43 bits per heavy atom. The topological polar surface area (TPSA) is 121 Å². The Morgan fingerprint density at radius 3 is 2.86 bits per heavy atom. The molecule has 11 heteroatoms. The third kappa shape index (κ3) is 6.80. The number of amides is 1. The number of carbonyl (C=O) groups is 1. The Morgan fingerprint density at radius 2 is 2.20 bits per heavy atom. The number of aliphatic hydroxyl groups is 1. The van der Waals surface area contributed by atoms with E-state index in [-0.39, 0.29) is 12.2 Å². The highest BCUT2D eigenvalue weighted by atomic mass is 19.1. The second-order valence-corrected chi connectivity index (χ2v) is 8.66. The molecule has 3 rings (SSSR count). The normalized spacial score (nSPS) is 18.9. The highest BCUT2D eigenvalue weighted by Crippen LogP contribution is 2.26. The Labute approximate surface area is 202 Å². The van der Waals surface area contributed by atoms with Crippen LogP contribution in [0.4, 0.5) is 31.8 Å². The van der Waals surface area contributed by atoms with Crippen LogP contribution in [0.5, 0.6) is 0 Å². The lowest BCUT2D eigenvalue weighted by Gasteiger charge is -2.28. The highest BCUT2D eigenvalue weighted by molar-refractivity contribution is 6.00. The van der Waals surface area contributed by atoms with E-state index in [1.807, 2.05) is 0 Å². The Hall–Kier alpha value is -3.44. The summed E-state index contributed by atoms with van der Waals surface area (Å²) in [5.41, 5.74) is -0.115. The second-order valence-electron chi connectivity index (χ2n) is 8.66. The van der Waals surface area contributed by atoms with Gasteiger partial charge in [-0.25, -0.2) is 18.7 Å². The fourth-order valence-electron chi connectivity index (χ4n) is 3.37. The van der Waals surface area contributed by atoms with Crippen molar-refractivity contribution in [3.63, 3.8) is 0 Å². The van der Waals surface area contributed by atoms with Crippen LogP contribution >= 0.6 is 0 Å². The molecule has 3 atom stereocenters. The third-order valence-corrected chi connectivity index (χ3v) is 5.51. The summed E-state index contributed by atoms with van der Waals surface area (Å²) in [6.07, 6.45) is 0.295. The van der Waals surface area contributed by atoms with Gasteiger partial charge in [0.25, 0.3) is 5.91 Å². The van der Waals surface area contributed by atoms with Crippen molar-refractivity contribution in [2.75, 3.05) is 30.4 Å². The number of alkyl halides is 2. The molecular formula is C24H30F2N6O3. The van der Waals surface area contributed by atoms with E-state index in [1.165, 1.54) is 20.0 Å². The monoisotopic (exact) mass is 488 g/mol. The Balaban J connectivity index is 1.86. The van der Waals surface area contributed by atoms with Crippen molar-refractivity contribution in [2.24, 2.45) is 4.99 Å². The van der Waals surface area contributed by atoms with Crippen molar-refractivity contribution < 1.29 is 23.4 Å². The molecule has 1 amide bonds. The van der Waals surface area contributed by atoms with Gasteiger partial charge in [-0.15, -0.1) is 0 Å². The molecule has 1 aliphatic heterocycles. The van der Waals surface area contributed by atoms with Crippen LogP contribution in [0.1, 0.15) is 36.3 Å². The lowest BCUT2D eigenvalue weighted by atomic mass is 10.0. The van der Waals surface area contributed by atoms with E-state index in [1.54, 1.807) is 24.3 Å². The summed E-state index contributed by atoms with van der Waals surface area (Å²) in [4.78, 5) is 25.4. The van der Waals surface area contributed by atoms with Crippen LogP contribution in [0.25, 0.3) is 6.08 Å². The Bertz CT molecular complexity index is 1080. The van der Waals surface area contributed by atoms with Crippen LogP contribution in [0.2, 0.25) is 0 Å². The molecule has 2 aromatic heterocycles. The number of pyridine rings is 2. The molecule has 1 saturated heterocycles. The van der Waals surface area contributed by atoms with E-state index in [9.17, 15) is 18.7 Å². The minimum absolute atomic E-state index is 0.0531. The average Bonchev–Trinajstić information content (AvgIpc) is 2.83. The minimum atomic E-state index is -1.68. The van der Waals surface area contributed by atoms with Gasteiger partial charge in [0.15, 0.2) is 0 Å². The number of hydrogen-bond acceptors (Lipinski definition) is 8. The van der Waals surface area contributed by atoms with E-state index in [2.05, 4.69) is 44.2 Å². The standard InChI is InChI=1S/C24H30F2N6O3/c1-5-16-18(27-4)6-7-21(31-16)32-22-10-19(30-17-8-9-35-13-15(17)25)14(11-28-22)23(33)29-12-20(26)24(2,3)34/h5-7,10-11,15,17,20,34H,1,4,8-9,12-13H2,2-3H3,(H,29,33)(H2,28,30,31,32). The molecule has 9 nitrogen and oxygen atoms in total. The molecule has 188 valence electrons. The second kappa shape index (κ2) is 11.3. The molecule has 0 aliphatic carbocycles. The van der Waals surface area contributed by atoms with Crippen LogP contribution in [0.15, 0.2) is 36.0 Å². The zero-order chi connectivity index (χ0) is 25.6. The molecule has 4 N–H and O–H groups in total. The lowest BCUT2D eigenvalue weighted by Crippen LogP contribution is -2.42. The predicted octanol–water partition coefficient (Wildman–Crippen LogP) is 3.57. The van der Waals surface area contributed by atoms with Crippen LogP contribution in [0.3, 0.4) is 0 Å². The van der Waals surface area contributed by atoms with Crippen molar-refractivity contribution >= 4 is 41.7 Å². The summed E-state index contributed by atoms with van der Waals surface area (Å²) in [5, 5.41) is 18.3. The number of nitrogens with one attached hydrogen (secondary N) is 3. The molecule has 35 heavy (non-hydrogen) atoms. The number of hydrogen-bond donors (Lipinski definition) is 4. The van der Waals surface area contributed by atoms with Crippen molar-refractivity contribution in [1.82, 2.24) is 15.3 Å². The number of aliphatic imine (C=N–C) groups is 1. The predicted molar refractivity (Wildman–Crippen MR) is 132 cm³/mol. The minimum Gasteiger partial charge on any atom is -0.387 e. The van der Waals surface area contributed by atoms with Crippen molar-refractivity contribution in [3.8, 4) is 0 Å². The van der Waals surface area contributed by atoms with Gasteiger partial charge in [0.2, 0.25) is 0 Å². The molecule has 0 saturated carbocycles. The number of rotatable bonds is 10. The Kier molecular flexibility index (Phi) is 8.47. The van der Waals surface area contributed by atoms with Crippen molar-refractivity contribution in [3.05, 3.63) is 42.2 Å². The van der Waals surface area contributed by atoms with Crippen molar-refractivity contribution in [1.29, 1.82) is 0 Å². The molecule has 0 bridgehead atoms. The first-order chi connectivity index (χ1) is 16.6. The molecule has 1 aliphatic rings. The summed E-state index contributed by atoms with van der Waals surface area (Å²) >= 11 is 0. The summed E-state index contributed by atoms with van der Waals surface area (Å²) in [5.74, 6) is 0.172. The van der Waals surface area contributed by atoms with Crippen LogP contribution in [0, 0.1) is 0 Å². The van der Waals surface area contributed by atoms with E-state index < -0.39 is 36.4 Å². The smallest absolute Gasteiger partial charge is 0.255 e. The molecular weight excluding hydrogens is 458 g/mol. The van der Waals surface area contributed by atoms with Gasteiger partial charge in [-0.05, 0) is 45.2 Å². The first kappa shape index (κ1) is 26.2. The van der Waals surface area contributed by atoms with Gasteiger partial charge >= 0.3 is 0 Å². The van der Waals surface area contributed by atoms with Crippen LogP contribution in [-0.2, 0) is 4.74 Å². The number of nitrogens with zero attached hydrogens (tertiary/aromatic N) is 3. The van der Waals surface area contributed by atoms with Crippen LogP contribution in [-0.4, -0.2) is 71.4 Å². The molecule has 3 unspecified atom stereocenters. The molecule has 3 heterocycles.